The summed E-state index contributed by atoms with van der Waals surface area (Å²) in [6.45, 7) is 8.25. The van der Waals surface area contributed by atoms with E-state index in [1.54, 1.807) is 20.8 Å². The Morgan fingerprint density at radius 2 is 1.84 bits per heavy atom. The Kier molecular flexibility index (Phi) is 6.51. The van der Waals surface area contributed by atoms with Crippen molar-refractivity contribution in [3.8, 4) is 0 Å². The fraction of sp³-hybridized carbons (Fsp3) is 0.750. The van der Waals surface area contributed by atoms with Gasteiger partial charge in [0, 0.05) is 6.04 Å². The van der Waals surface area contributed by atoms with Crippen molar-refractivity contribution in [3.63, 3.8) is 0 Å². The minimum absolute atomic E-state index is 0.124. The molecule has 0 fully saturated rings. The van der Waals surface area contributed by atoms with Crippen LogP contribution >= 0.6 is 11.6 Å². The second kappa shape index (κ2) is 6.72. The topological polar surface area (TPSA) is 86.5 Å². The molecule has 0 spiro atoms. The molecule has 19 heavy (non-hydrogen) atoms. The van der Waals surface area contributed by atoms with Gasteiger partial charge in [0.25, 0.3) is 0 Å². The van der Waals surface area contributed by atoms with Gasteiger partial charge in [-0.15, -0.1) is 0 Å². The number of nitrogens with two attached hydrogens (primary N) is 1. The highest BCUT2D eigenvalue weighted by molar-refractivity contribution is 7.97. The maximum absolute atomic E-state index is 11.7. The highest BCUT2D eigenvalue weighted by atomic mass is 35.5. The Morgan fingerprint density at radius 3 is 2.21 bits per heavy atom. The third-order valence-electron chi connectivity index (χ3n) is 2.06. The first-order valence-corrected chi connectivity index (χ1v) is 7.87. The Balaban J connectivity index is 4.71. The SMILES string of the molecule is CC(C)S(=O)(=O)/C(Cl)=C/C(N)CC(=O)OC(C)(C)C. The first-order chi connectivity index (χ1) is 8.36. The molecule has 112 valence electrons. The van der Waals surface area contributed by atoms with Gasteiger partial charge in [0.2, 0.25) is 0 Å². The summed E-state index contributed by atoms with van der Waals surface area (Å²) in [6.07, 6.45) is 1.04. The quantitative estimate of drug-likeness (QED) is 0.784. The van der Waals surface area contributed by atoms with Gasteiger partial charge in [-0.3, -0.25) is 4.79 Å². The molecule has 1 unspecified atom stereocenters. The van der Waals surface area contributed by atoms with Gasteiger partial charge in [-0.1, -0.05) is 11.6 Å². The molecule has 0 aromatic carbocycles. The van der Waals surface area contributed by atoms with Crippen molar-refractivity contribution in [1.29, 1.82) is 0 Å². The minimum Gasteiger partial charge on any atom is -0.460 e. The molecule has 7 heteroatoms. The van der Waals surface area contributed by atoms with Crippen molar-refractivity contribution in [2.45, 2.75) is 57.9 Å². The van der Waals surface area contributed by atoms with E-state index in [-0.39, 0.29) is 10.8 Å². The van der Waals surface area contributed by atoms with Crippen LogP contribution < -0.4 is 5.73 Å². The number of carbonyl (C=O) groups excluding carboxylic acids is 1. The summed E-state index contributed by atoms with van der Waals surface area (Å²) in [4.78, 5) is 11.5. The largest absolute Gasteiger partial charge is 0.460 e. The average Bonchev–Trinajstić information content (AvgIpc) is 2.12. The molecular weight excluding hydrogens is 290 g/mol. The first-order valence-electron chi connectivity index (χ1n) is 5.95. The van der Waals surface area contributed by atoms with Crippen LogP contribution in [0.2, 0.25) is 0 Å². The van der Waals surface area contributed by atoms with E-state index in [9.17, 15) is 13.2 Å². The van der Waals surface area contributed by atoms with Gasteiger partial charge in [0.1, 0.15) is 9.97 Å². The summed E-state index contributed by atoms with van der Waals surface area (Å²) in [7, 11) is -3.55. The van der Waals surface area contributed by atoms with Crippen LogP contribution in [0.3, 0.4) is 0 Å². The van der Waals surface area contributed by atoms with Crippen molar-refractivity contribution >= 4 is 27.4 Å². The molecule has 0 aliphatic rings. The summed E-state index contributed by atoms with van der Waals surface area (Å²) >= 11 is 5.72. The van der Waals surface area contributed by atoms with E-state index in [0.717, 1.165) is 0 Å². The van der Waals surface area contributed by atoms with E-state index in [1.807, 2.05) is 0 Å². The van der Waals surface area contributed by atoms with Crippen LogP contribution in [0.5, 0.6) is 0 Å². The fourth-order valence-corrected chi connectivity index (χ4v) is 2.63. The van der Waals surface area contributed by atoms with Crippen LogP contribution in [0.4, 0.5) is 0 Å². The van der Waals surface area contributed by atoms with E-state index < -0.39 is 32.7 Å². The van der Waals surface area contributed by atoms with Gasteiger partial charge in [-0.25, -0.2) is 8.42 Å². The summed E-state index contributed by atoms with van der Waals surface area (Å²) in [5.41, 5.74) is 5.06. The molecule has 5 nitrogen and oxygen atoms in total. The predicted octanol–water partition coefficient (Wildman–Crippen LogP) is 1.95. The number of esters is 1. The Bertz CT molecular complexity index is 449. The lowest BCUT2D eigenvalue weighted by Crippen LogP contribution is -2.29. The maximum atomic E-state index is 11.7. The zero-order valence-electron chi connectivity index (χ0n) is 11.9. The van der Waals surface area contributed by atoms with Crippen LogP contribution in [0.25, 0.3) is 0 Å². The van der Waals surface area contributed by atoms with Crippen molar-refractivity contribution in [1.82, 2.24) is 0 Å². The van der Waals surface area contributed by atoms with Gasteiger partial charge in [-0.05, 0) is 40.7 Å². The van der Waals surface area contributed by atoms with Crippen molar-refractivity contribution in [2.75, 3.05) is 0 Å². The standard InChI is InChI=1S/C12H22ClNO4S/c1-8(2)19(16,17)10(13)6-9(14)7-11(15)18-12(3,4)5/h6,8-9H,7,14H2,1-5H3/b10-6+. The van der Waals surface area contributed by atoms with Crippen LogP contribution in [0, 0.1) is 0 Å². The fourth-order valence-electron chi connectivity index (χ4n) is 1.12. The summed E-state index contributed by atoms with van der Waals surface area (Å²) < 4.78 is 28.2. The van der Waals surface area contributed by atoms with Crippen LogP contribution in [-0.4, -0.2) is 31.3 Å². The van der Waals surface area contributed by atoms with E-state index in [4.69, 9.17) is 22.1 Å². The van der Waals surface area contributed by atoms with Gasteiger partial charge in [0.15, 0.2) is 9.84 Å². The van der Waals surface area contributed by atoms with E-state index in [1.165, 1.54) is 19.9 Å². The molecule has 0 amide bonds. The number of hydrogen-bond acceptors (Lipinski definition) is 5. The Morgan fingerprint density at radius 1 is 1.37 bits per heavy atom. The Labute approximate surface area is 120 Å². The minimum atomic E-state index is -3.55. The normalized spacial score (nSPS) is 15.5. The van der Waals surface area contributed by atoms with Crippen molar-refractivity contribution < 1.29 is 17.9 Å². The number of hydrogen-bond donors (Lipinski definition) is 1. The lowest BCUT2D eigenvalue weighted by Gasteiger charge is -2.20. The molecule has 2 N–H and O–H groups in total. The van der Waals surface area contributed by atoms with E-state index in [2.05, 4.69) is 0 Å². The zero-order valence-corrected chi connectivity index (χ0v) is 13.5. The molecule has 1 atom stereocenters. The molecule has 0 aromatic rings. The number of halogens is 1. The molecule has 0 saturated carbocycles. The van der Waals surface area contributed by atoms with Gasteiger partial charge < -0.3 is 10.5 Å². The average molecular weight is 312 g/mol. The molecule has 0 aromatic heterocycles. The van der Waals surface area contributed by atoms with Crippen LogP contribution in [0.15, 0.2) is 10.4 Å². The second-order valence-corrected chi connectivity index (χ2v) is 8.62. The van der Waals surface area contributed by atoms with Gasteiger partial charge >= 0.3 is 5.97 Å². The number of rotatable bonds is 5. The predicted molar refractivity (Wildman–Crippen MR) is 76.4 cm³/mol. The summed E-state index contributed by atoms with van der Waals surface area (Å²) in [5.74, 6) is -0.498. The second-order valence-electron chi connectivity index (χ2n) is 5.52. The molecule has 0 saturated heterocycles. The highest BCUT2D eigenvalue weighted by Gasteiger charge is 2.23. The third-order valence-corrected chi connectivity index (χ3v) is 4.75. The molecule has 0 heterocycles. The molecular formula is C12H22ClNO4S. The smallest absolute Gasteiger partial charge is 0.308 e. The molecule has 0 rings (SSSR count). The maximum Gasteiger partial charge on any atom is 0.308 e. The lowest BCUT2D eigenvalue weighted by molar-refractivity contribution is -0.154. The van der Waals surface area contributed by atoms with Crippen LogP contribution in [-0.2, 0) is 19.4 Å². The van der Waals surface area contributed by atoms with Gasteiger partial charge in [-0.2, -0.15) is 0 Å². The zero-order chi connectivity index (χ0) is 15.4. The lowest BCUT2D eigenvalue weighted by atomic mass is 10.2. The number of carbonyl (C=O) groups is 1. The first kappa shape index (κ1) is 18.4. The third kappa shape index (κ3) is 6.94. The molecule has 0 aliphatic heterocycles. The monoisotopic (exact) mass is 311 g/mol. The van der Waals surface area contributed by atoms with Crippen molar-refractivity contribution in [3.05, 3.63) is 10.4 Å². The molecule has 0 bridgehead atoms. The Hall–Kier alpha value is -0.590. The summed E-state index contributed by atoms with van der Waals surface area (Å²) in [5, 5.41) is -0.634. The molecule has 0 radical (unpaired) electrons. The highest BCUT2D eigenvalue weighted by Crippen LogP contribution is 2.18. The van der Waals surface area contributed by atoms with Crippen molar-refractivity contribution in [2.24, 2.45) is 5.73 Å². The molecule has 0 aliphatic carbocycles. The number of ether oxygens (including phenoxy) is 1. The summed E-state index contributed by atoms with van der Waals surface area (Å²) in [6, 6.07) is -0.795. The van der Waals surface area contributed by atoms with Crippen LogP contribution in [0.1, 0.15) is 41.0 Å². The van der Waals surface area contributed by atoms with Gasteiger partial charge in [0.05, 0.1) is 11.7 Å². The van der Waals surface area contributed by atoms with E-state index >= 15 is 0 Å². The number of sulfone groups is 1. The van der Waals surface area contributed by atoms with E-state index in [0.29, 0.717) is 0 Å².